The summed E-state index contributed by atoms with van der Waals surface area (Å²) in [5.41, 5.74) is 1.64. The number of amides is 1. The molecule has 1 atom stereocenters. The van der Waals surface area contributed by atoms with Gasteiger partial charge in [0.25, 0.3) is 5.91 Å². The van der Waals surface area contributed by atoms with Crippen molar-refractivity contribution in [2.45, 2.75) is 32.6 Å². The number of hydrogen-bond donors (Lipinski definition) is 1. The predicted molar refractivity (Wildman–Crippen MR) is 90.7 cm³/mol. The Morgan fingerprint density at radius 3 is 2.83 bits per heavy atom. The summed E-state index contributed by atoms with van der Waals surface area (Å²) >= 11 is 0. The highest BCUT2D eigenvalue weighted by Crippen LogP contribution is 2.35. The second-order valence-electron chi connectivity index (χ2n) is 6.74. The zero-order valence-electron chi connectivity index (χ0n) is 14.1. The Labute approximate surface area is 142 Å². The Balaban J connectivity index is 1.70. The van der Waals surface area contributed by atoms with Gasteiger partial charge in [-0.15, -0.1) is 0 Å². The smallest absolute Gasteiger partial charge is 0.291 e. The zero-order chi connectivity index (χ0) is 17.0. The summed E-state index contributed by atoms with van der Waals surface area (Å²) in [6.07, 6.45) is 4.92. The van der Waals surface area contributed by atoms with Crippen molar-refractivity contribution in [3.05, 3.63) is 53.7 Å². The quantitative estimate of drug-likeness (QED) is 0.916. The van der Waals surface area contributed by atoms with Crippen LogP contribution in [0.5, 0.6) is 0 Å². The second kappa shape index (κ2) is 7.18. The number of aromatic nitrogens is 1. The monoisotopic (exact) mass is 328 g/mol. The summed E-state index contributed by atoms with van der Waals surface area (Å²) in [5, 5.41) is 10.0. The highest BCUT2D eigenvalue weighted by Gasteiger charge is 2.37. The fraction of sp³-hybridized carbons (Fsp3) is 0.474. The molecule has 1 saturated heterocycles. The maximum absolute atomic E-state index is 12.7. The fourth-order valence-electron chi connectivity index (χ4n) is 3.50. The van der Waals surface area contributed by atoms with E-state index < -0.39 is 0 Å². The van der Waals surface area contributed by atoms with E-state index in [9.17, 15) is 9.90 Å². The van der Waals surface area contributed by atoms with Crippen molar-refractivity contribution in [1.82, 2.24) is 9.88 Å². The number of rotatable bonds is 5. The van der Waals surface area contributed by atoms with Gasteiger partial charge in [0.15, 0.2) is 6.39 Å². The minimum atomic E-state index is -0.238. The number of aliphatic hydroxyl groups excluding tert-OH is 1. The number of hydrogen-bond acceptors (Lipinski definition) is 4. The van der Waals surface area contributed by atoms with E-state index in [0.717, 1.165) is 25.7 Å². The number of carbonyl (C=O) groups is 1. The Morgan fingerprint density at radius 1 is 1.38 bits per heavy atom. The van der Waals surface area contributed by atoms with Crippen molar-refractivity contribution in [2.24, 2.45) is 5.41 Å². The second-order valence-corrected chi connectivity index (χ2v) is 6.74. The third-order valence-corrected chi connectivity index (χ3v) is 5.01. The third-order valence-electron chi connectivity index (χ3n) is 5.01. The fourth-order valence-corrected chi connectivity index (χ4v) is 3.50. The molecule has 1 aliphatic heterocycles. The number of carbonyl (C=O) groups excluding carboxylic acids is 1. The number of piperidine rings is 1. The first kappa shape index (κ1) is 16.7. The van der Waals surface area contributed by atoms with Gasteiger partial charge in [-0.1, -0.05) is 30.3 Å². The summed E-state index contributed by atoms with van der Waals surface area (Å²) in [6.45, 7) is 3.13. The number of aryl methyl sites for hydroxylation is 2. The van der Waals surface area contributed by atoms with Crippen molar-refractivity contribution >= 4 is 5.91 Å². The van der Waals surface area contributed by atoms with Crippen LogP contribution in [0.3, 0.4) is 0 Å². The van der Waals surface area contributed by atoms with Gasteiger partial charge in [-0.05, 0) is 38.2 Å². The van der Waals surface area contributed by atoms with E-state index in [-0.39, 0.29) is 17.9 Å². The van der Waals surface area contributed by atoms with Crippen molar-refractivity contribution in [3.63, 3.8) is 0 Å². The number of aliphatic hydroxyl groups is 1. The molecule has 2 aromatic rings. The molecule has 0 aliphatic carbocycles. The number of likely N-dealkylation sites (tertiary alicyclic amines) is 1. The highest BCUT2D eigenvalue weighted by molar-refractivity contribution is 5.92. The van der Waals surface area contributed by atoms with Crippen LogP contribution in [0.4, 0.5) is 0 Å². The van der Waals surface area contributed by atoms with Gasteiger partial charge in [0, 0.05) is 18.5 Å². The van der Waals surface area contributed by atoms with Gasteiger partial charge < -0.3 is 14.4 Å². The molecule has 1 fully saturated rings. The van der Waals surface area contributed by atoms with E-state index in [1.54, 1.807) is 11.8 Å². The topological polar surface area (TPSA) is 66.6 Å². The minimum Gasteiger partial charge on any atom is -0.438 e. The van der Waals surface area contributed by atoms with Crippen LogP contribution in [-0.4, -0.2) is 40.6 Å². The Hall–Kier alpha value is -2.14. The largest absolute Gasteiger partial charge is 0.438 e. The summed E-state index contributed by atoms with van der Waals surface area (Å²) in [6, 6.07) is 10.3. The summed E-state index contributed by atoms with van der Waals surface area (Å²) in [7, 11) is 0. The van der Waals surface area contributed by atoms with Crippen LogP contribution < -0.4 is 0 Å². The van der Waals surface area contributed by atoms with E-state index in [4.69, 9.17) is 4.42 Å². The lowest BCUT2D eigenvalue weighted by atomic mass is 9.76. The maximum Gasteiger partial charge on any atom is 0.291 e. The van der Waals surface area contributed by atoms with E-state index in [0.29, 0.717) is 24.5 Å². The Kier molecular flexibility index (Phi) is 5.00. The number of nitrogens with zero attached hydrogens (tertiary/aromatic N) is 2. The van der Waals surface area contributed by atoms with E-state index in [2.05, 4.69) is 17.1 Å². The number of oxazole rings is 1. The van der Waals surface area contributed by atoms with Crippen LogP contribution in [0.15, 0.2) is 41.1 Å². The molecule has 1 aliphatic rings. The van der Waals surface area contributed by atoms with E-state index in [1.165, 1.54) is 12.0 Å². The van der Waals surface area contributed by atoms with Crippen molar-refractivity contribution < 1.29 is 14.3 Å². The molecular weight excluding hydrogens is 304 g/mol. The van der Waals surface area contributed by atoms with Gasteiger partial charge in [0.1, 0.15) is 0 Å². The van der Waals surface area contributed by atoms with E-state index >= 15 is 0 Å². The average Bonchev–Trinajstić information content (AvgIpc) is 3.06. The first-order valence-corrected chi connectivity index (χ1v) is 8.48. The molecule has 1 aromatic heterocycles. The molecule has 1 N–H and O–H groups in total. The molecule has 5 heteroatoms. The normalized spacial score (nSPS) is 21.0. The summed E-state index contributed by atoms with van der Waals surface area (Å²) in [4.78, 5) is 18.5. The van der Waals surface area contributed by atoms with Crippen LogP contribution in [0.25, 0.3) is 0 Å². The van der Waals surface area contributed by atoms with E-state index in [1.807, 2.05) is 18.2 Å². The number of benzene rings is 1. The molecule has 5 nitrogen and oxygen atoms in total. The lowest BCUT2D eigenvalue weighted by Gasteiger charge is -2.41. The predicted octanol–water partition coefficient (Wildman–Crippen LogP) is 2.83. The highest BCUT2D eigenvalue weighted by atomic mass is 16.3. The molecule has 0 bridgehead atoms. The summed E-state index contributed by atoms with van der Waals surface area (Å²) < 4.78 is 5.25. The lowest BCUT2D eigenvalue weighted by Crippen LogP contribution is -2.48. The van der Waals surface area contributed by atoms with Gasteiger partial charge in [0.05, 0.1) is 12.3 Å². The minimum absolute atomic E-state index is 0.0962. The SMILES string of the molecule is Cc1ncoc1C(=O)N1CCCC(CO)(CCc2ccccc2)C1. The van der Waals surface area contributed by atoms with Gasteiger partial charge >= 0.3 is 0 Å². The van der Waals surface area contributed by atoms with Crippen LogP contribution in [-0.2, 0) is 6.42 Å². The Bertz CT molecular complexity index is 683. The molecule has 1 unspecified atom stereocenters. The zero-order valence-corrected chi connectivity index (χ0v) is 14.1. The average molecular weight is 328 g/mol. The molecule has 128 valence electrons. The van der Waals surface area contributed by atoms with Crippen molar-refractivity contribution in [3.8, 4) is 0 Å². The first-order valence-electron chi connectivity index (χ1n) is 8.48. The van der Waals surface area contributed by atoms with Gasteiger partial charge in [0.2, 0.25) is 5.76 Å². The standard InChI is InChI=1S/C19H24N2O3/c1-15-17(24-14-20-15)18(23)21-11-5-9-19(12-21,13-22)10-8-16-6-3-2-4-7-16/h2-4,6-7,14,22H,5,8-13H2,1H3. The van der Waals surface area contributed by atoms with Crippen molar-refractivity contribution in [1.29, 1.82) is 0 Å². The van der Waals surface area contributed by atoms with Gasteiger partial charge in [-0.3, -0.25) is 4.79 Å². The van der Waals surface area contributed by atoms with Gasteiger partial charge in [-0.25, -0.2) is 4.98 Å². The molecule has 3 rings (SSSR count). The molecule has 0 saturated carbocycles. The summed E-state index contributed by atoms with van der Waals surface area (Å²) in [5.74, 6) is 0.189. The molecular formula is C19H24N2O3. The van der Waals surface area contributed by atoms with Crippen LogP contribution in [0, 0.1) is 12.3 Å². The molecule has 1 aromatic carbocycles. The van der Waals surface area contributed by atoms with Crippen molar-refractivity contribution in [2.75, 3.05) is 19.7 Å². The van der Waals surface area contributed by atoms with Crippen LogP contribution in [0.2, 0.25) is 0 Å². The molecule has 0 spiro atoms. The van der Waals surface area contributed by atoms with Gasteiger partial charge in [-0.2, -0.15) is 0 Å². The molecule has 0 radical (unpaired) electrons. The molecule has 2 heterocycles. The van der Waals surface area contributed by atoms with Crippen LogP contribution in [0.1, 0.15) is 41.1 Å². The van der Waals surface area contributed by atoms with Crippen LogP contribution >= 0.6 is 0 Å². The first-order chi connectivity index (χ1) is 11.6. The molecule has 24 heavy (non-hydrogen) atoms. The molecule has 1 amide bonds. The maximum atomic E-state index is 12.7. The Morgan fingerprint density at radius 2 is 2.17 bits per heavy atom. The lowest BCUT2D eigenvalue weighted by molar-refractivity contribution is 0.0210. The third kappa shape index (κ3) is 3.51.